The van der Waals surface area contributed by atoms with Gasteiger partial charge in [-0.2, -0.15) is 0 Å². The summed E-state index contributed by atoms with van der Waals surface area (Å²) in [6.07, 6.45) is 0.227. The second kappa shape index (κ2) is 6.57. The number of thiazole rings is 1. The lowest BCUT2D eigenvalue weighted by atomic mass is 10.1. The maximum atomic E-state index is 12.4. The van der Waals surface area contributed by atoms with Gasteiger partial charge in [0.05, 0.1) is 11.2 Å². The maximum absolute atomic E-state index is 12.4. The van der Waals surface area contributed by atoms with Crippen LogP contribution in [0.5, 0.6) is 0 Å². The van der Waals surface area contributed by atoms with Gasteiger partial charge < -0.3 is 9.88 Å². The molecule has 1 aromatic carbocycles. The van der Waals surface area contributed by atoms with Gasteiger partial charge in [0.15, 0.2) is 5.13 Å². The van der Waals surface area contributed by atoms with Crippen molar-refractivity contribution >= 4 is 33.3 Å². The number of benzene rings is 1. The fourth-order valence-corrected chi connectivity index (χ4v) is 3.45. The zero-order valence-electron chi connectivity index (χ0n) is 13.9. The van der Waals surface area contributed by atoms with Gasteiger partial charge in [-0.3, -0.25) is 9.59 Å². The number of pyridine rings is 1. The van der Waals surface area contributed by atoms with Crippen molar-refractivity contribution in [1.82, 2.24) is 9.55 Å². The molecule has 0 radical (unpaired) electrons. The van der Waals surface area contributed by atoms with Crippen LogP contribution in [0.15, 0.2) is 35.1 Å². The van der Waals surface area contributed by atoms with Crippen LogP contribution in [0.2, 0.25) is 0 Å². The van der Waals surface area contributed by atoms with E-state index in [2.05, 4.69) is 10.3 Å². The molecule has 0 spiro atoms. The van der Waals surface area contributed by atoms with E-state index in [1.807, 2.05) is 44.2 Å². The first-order valence-electron chi connectivity index (χ1n) is 7.79. The molecular formula is C18H19N3O2S. The van der Waals surface area contributed by atoms with Gasteiger partial charge in [-0.1, -0.05) is 18.2 Å². The predicted molar refractivity (Wildman–Crippen MR) is 97.8 cm³/mol. The predicted octanol–water partition coefficient (Wildman–Crippen LogP) is 3.41. The number of carbonyl (C=O) groups excluding carboxylic acids is 1. The molecule has 3 rings (SSSR count). The van der Waals surface area contributed by atoms with Gasteiger partial charge in [-0.25, -0.2) is 4.98 Å². The number of fused-ring (bicyclic) bond motifs is 1. The molecule has 0 atom stereocenters. The van der Waals surface area contributed by atoms with Crippen molar-refractivity contribution in [2.75, 3.05) is 5.32 Å². The smallest absolute Gasteiger partial charge is 0.253 e. The van der Waals surface area contributed by atoms with Gasteiger partial charge >= 0.3 is 0 Å². The van der Waals surface area contributed by atoms with Gasteiger partial charge in [-0.15, -0.1) is 11.3 Å². The van der Waals surface area contributed by atoms with Gasteiger partial charge in [0.2, 0.25) is 5.91 Å². The molecular weight excluding hydrogens is 322 g/mol. The number of carbonyl (C=O) groups is 1. The number of anilines is 1. The summed E-state index contributed by atoms with van der Waals surface area (Å²) in [5.41, 5.74) is 2.40. The molecule has 6 heteroatoms. The van der Waals surface area contributed by atoms with Gasteiger partial charge in [0.25, 0.3) is 5.56 Å². The number of para-hydroxylation sites is 1. The standard InChI is InChI=1S/C18H19N3O2S/c1-11-10-14-6-4-5-7-15(14)21(17(11)23)9-8-16(22)20-18-19-12(2)13(3)24-18/h4-7,10H,8-9H2,1-3H3,(H,19,20,22). The summed E-state index contributed by atoms with van der Waals surface area (Å²) >= 11 is 1.46. The van der Waals surface area contributed by atoms with Crippen LogP contribution >= 0.6 is 11.3 Å². The van der Waals surface area contributed by atoms with Crippen molar-refractivity contribution in [3.63, 3.8) is 0 Å². The van der Waals surface area contributed by atoms with Crippen molar-refractivity contribution in [3.8, 4) is 0 Å². The highest BCUT2D eigenvalue weighted by Gasteiger charge is 2.11. The lowest BCUT2D eigenvalue weighted by molar-refractivity contribution is -0.116. The molecule has 0 saturated heterocycles. The van der Waals surface area contributed by atoms with Crippen LogP contribution in [-0.2, 0) is 11.3 Å². The highest BCUT2D eigenvalue weighted by atomic mass is 32.1. The lowest BCUT2D eigenvalue weighted by Crippen LogP contribution is -2.25. The number of rotatable bonds is 4. The molecule has 3 aromatic rings. The Hall–Kier alpha value is -2.47. The molecule has 0 saturated carbocycles. The van der Waals surface area contributed by atoms with E-state index in [4.69, 9.17) is 0 Å². The number of nitrogens with one attached hydrogen (secondary N) is 1. The Kier molecular flexibility index (Phi) is 4.49. The van der Waals surface area contributed by atoms with Crippen molar-refractivity contribution in [2.45, 2.75) is 33.7 Å². The van der Waals surface area contributed by atoms with Gasteiger partial charge in [-0.05, 0) is 38.3 Å². The van der Waals surface area contributed by atoms with Crippen LogP contribution in [0.3, 0.4) is 0 Å². The number of amides is 1. The quantitative estimate of drug-likeness (QED) is 0.791. The fourth-order valence-electron chi connectivity index (χ4n) is 2.62. The largest absolute Gasteiger partial charge is 0.308 e. The Labute approximate surface area is 144 Å². The number of nitrogens with zero attached hydrogens (tertiary/aromatic N) is 2. The van der Waals surface area contributed by atoms with E-state index in [9.17, 15) is 9.59 Å². The first kappa shape index (κ1) is 16.4. The molecule has 0 fully saturated rings. The van der Waals surface area contributed by atoms with Crippen molar-refractivity contribution in [3.05, 3.63) is 56.8 Å². The third kappa shape index (κ3) is 3.23. The van der Waals surface area contributed by atoms with E-state index < -0.39 is 0 Å². The molecule has 1 N–H and O–H groups in total. The Morgan fingerprint density at radius 3 is 2.71 bits per heavy atom. The second-order valence-electron chi connectivity index (χ2n) is 5.80. The Morgan fingerprint density at radius 2 is 2.00 bits per heavy atom. The van der Waals surface area contributed by atoms with Crippen molar-refractivity contribution in [1.29, 1.82) is 0 Å². The summed E-state index contributed by atoms with van der Waals surface area (Å²) in [6.45, 7) is 6.03. The molecule has 5 nitrogen and oxygen atoms in total. The molecule has 0 aliphatic carbocycles. The summed E-state index contributed by atoms with van der Waals surface area (Å²) in [4.78, 5) is 30.0. The Balaban J connectivity index is 1.79. The first-order valence-corrected chi connectivity index (χ1v) is 8.60. The van der Waals surface area contributed by atoms with Crippen LogP contribution in [0.4, 0.5) is 5.13 Å². The van der Waals surface area contributed by atoms with Crippen molar-refractivity contribution < 1.29 is 4.79 Å². The highest BCUT2D eigenvalue weighted by Crippen LogP contribution is 2.21. The van der Waals surface area contributed by atoms with Crippen LogP contribution in [0.25, 0.3) is 10.9 Å². The summed E-state index contributed by atoms with van der Waals surface area (Å²) < 4.78 is 1.67. The Morgan fingerprint density at radius 1 is 1.25 bits per heavy atom. The van der Waals surface area contributed by atoms with E-state index in [1.165, 1.54) is 11.3 Å². The Bertz CT molecular complexity index is 953. The third-order valence-corrected chi connectivity index (χ3v) is 5.01. The average Bonchev–Trinajstić information content (AvgIpc) is 2.85. The van der Waals surface area contributed by atoms with Crippen LogP contribution in [0, 0.1) is 20.8 Å². The number of hydrogen-bond donors (Lipinski definition) is 1. The first-order chi connectivity index (χ1) is 11.5. The van der Waals surface area contributed by atoms with Crippen molar-refractivity contribution in [2.24, 2.45) is 0 Å². The zero-order valence-corrected chi connectivity index (χ0v) is 14.7. The van der Waals surface area contributed by atoms with Crippen LogP contribution < -0.4 is 10.9 Å². The normalized spacial score (nSPS) is 11.0. The molecule has 0 aliphatic heterocycles. The molecule has 2 aromatic heterocycles. The highest BCUT2D eigenvalue weighted by molar-refractivity contribution is 7.15. The van der Waals surface area contributed by atoms with E-state index in [-0.39, 0.29) is 17.9 Å². The number of aromatic nitrogens is 2. The van der Waals surface area contributed by atoms with Crippen LogP contribution in [0.1, 0.15) is 22.6 Å². The monoisotopic (exact) mass is 341 g/mol. The summed E-state index contributed by atoms with van der Waals surface area (Å²) in [6, 6.07) is 9.60. The third-order valence-electron chi connectivity index (χ3n) is 4.02. The summed E-state index contributed by atoms with van der Waals surface area (Å²) in [7, 11) is 0. The summed E-state index contributed by atoms with van der Waals surface area (Å²) in [5, 5.41) is 4.42. The number of aryl methyl sites for hydroxylation is 4. The fraction of sp³-hybridized carbons (Fsp3) is 0.278. The molecule has 1 amide bonds. The molecule has 0 aliphatic rings. The topological polar surface area (TPSA) is 64.0 Å². The maximum Gasteiger partial charge on any atom is 0.253 e. The molecule has 0 unspecified atom stereocenters. The van der Waals surface area contributed by atoms with E-state index in [1.54, 1.807) is 11.5 Å². The lowest BCUT2D eigenvalue weighted by Gasteiger charge is -2.11. The minimum atomic E-state index is -0.138. The molecule has 0 bridgehead atoms. The molecule has 124 valence electrons. The van der Waals surface area contributed by atoms with E-state index >= 15 is 0 Å². The molecule has 24 heavy (non-hydrogen) atoms. The molecule has 2 heterocycles. The second-order valence-corrected chi connectivity index (χ2v) is 7.00. The van der Waals surface area contributed by atoms with Gasteiger partial charge in [0.1, 0.15) is 0 Å². The van der Waals surface area contributed by atoms with E-state index in [0.29, 0.717) is 17.2 Å². The number of hydrogen-bond acceptors (Lipinski definition) is 4. The van der Waals surface area contributed by atoms with Crippen LogP contribution in [-0.4, -0.2) is 15.5 Å². The minimum absolute atomic E-state index is 0.0533. The zero-order chi connectivity index (χ0) is 17.3. The average molecular weight is 341 g/mol. The van der Waals surface area contributed by atoms with Gasteiger partial charge in [0, 0.05) is 23.4 Å². The van der Waals surface area contributed by atoms with E-state index in [0.717, 1.165) is 21.5 Å². The SMILES string of the molecule is Cc1nc(NC(=O)CCn2c(=O)c(C)cc3ccccc32)sc1C. The summed E-state index contributed by atoms with van der Waals surface area (Å²) in [5.74, 6) is -0.138. The minimum Gasteiger partial charge on any atom is -0.308 e.